The number of aryl methyl sites for hydroxylation is 1. The molecule has 1 unspecified atom stereocenters. The van der Waals surface area contributed by atoms with Crippen LogP contribution >= 0.6 is 11.6 Å². The molecule has 6 heteroatoms. The van der Waals surface area contributed by atoms with Crippen molar-refractivity contribution >= 4 is 23.2 Å². The highest BCUT2D eigenvalue weighted by molar-refractivity contribution is 6.30. The third-order valence-corrected chi connectivity index (χ3v) is 5.37. The lowest BCUT2D eigenvalue weighted by Gasteiger charge is -2.38. The molecule has 1 amide bonds. The van der Waals surface area contributed by atoms with Gasteiger partial charge in [0.2, 0.25) is 5.91 Å². The van der Waals surface area contributed by atoms with Gasteiger partial charge in [0.25, 0.3) is 0 Å². The quantitative estimate of drug-likeness (QED) is 0.910. The van der Waals surface area contributed by atoms with Gasteiger partial charge in [-0.2, -0.15) is 0 Å². The summed E-state index contributed by atoms with van der Waals surface area (Å²) < 4.78 is 0. The number of carbonyl (C=O) groups is 1. The molecular formula is C18H21ClN4O. The normalized spacial score (nSPS) is 20.8. The Morgan fingerprint density at radius 1 is 1.17 bits per heavy atom. The molecule has 0 bridgehead atoms. The molecule has 1 aliphatic carbocycles. The van der Waals surface area contributed by atoms with E-state index < -0.39 is 0 Å². The minimum atomic E-state index is 0.0973. The monoisotopic (exact) mass is 344 g/mol. The van der Waals surface area contributed by atoms with Crippen molar-refractivity contribution in [2.75, 3.05) is 31.1 Å². The summed E-state index contributed by atoms with van der Waals surface area (Å²) in [6.07, 6.45) is 4.35. The Hall–Kier alpha value is -2.01. The predicted molar refractivity (Wildman–Crippen MR) is 94.3 cm³/mol. The zero-order chi connectivity index (χ0) is 16.5. The van der Waals surface area contributed by atoms with Gasteiger partial charge in [-0.25, -0.2) is 4.98 Å². The van der Waals surface area contributed by atoms with E-state index in [1.807, 2.05) is 29.2 Å². The van der Waals surface area contributed by atoms with Crippen LogP contribution in [0.5, 0.6) is 0 Å². The number of nitrogens with zero attached hydrogens (tertiary/aromatic N) is 3. The van der Waals surface area contributed by atoms with E-state index >= 15 is 0 Å². The second-order valence-corrected chi connectivity index (χ2v) is 6.99. The first-order valence-electron chi connectivity index (χ1n) is 8.51. The van der Waals surface area contributed by atoms with Crippen LogP contribution in [0.1, 0.15) is 17.8 Å². The van der Waals surface area contributed by atoms with Crippen molar-refractivity contribution in [2.45, 2.75) is 19.3 Å². The number of imidazole rings is 1. The summed E-state index contributed by atoms with van der Waals surface area (Å²) in [6.45, 7) is 3.31. The van der Waals surface area contributed by atoms with Gasteiger partial charge in [-0.15, -0.1) is 0 Å². The Balaban J connectivity index is 1.36. The van der Waals surface area contributed by atoms with Crippen molar-refractivity contribution in [3.63, 3.8) is 0 Å². The van der Waals surface area contributed by atoms with E-state index in [1.54, 1.807) is 6.33 Å². The lowest BCUT2D eigenvalue weighted by atomic mass is 9.88. The van der Waals surface area contributed by atoms with Crippen LogP contribution < -0.4 is 4.90 Å². The first-order valence-corrected chi connectivity index (χ1v) is 8.89. The summed E-state index contributed by atoms with van der Waals surface area (Å²) in [5, 5.41) is 0.753. The number of carbonyl (C=O) groups excluding carboxylic acids is 1. The zero-order valence-corrected chi connectivity index (χ0v) is 14.3. The van der Waals surface area contributed by atoms with Crippen molar-refractivity contribution in [1.82, 2.24) is 14.9 Å². The summed E-state index contributed by atoms with van der Waals surface area (Å²) >= 11 is 5.95. The second kappa shape index (κ2) is 6.48. The first kappa shape index (κ1) is 15.5. The molecule has 2 aliphatic rings. The van der Waals surface area contributed by atoms with Crippen molar-refractivity contribution in [1.29, 1.82) is 0 Å². The van der Waals surface area contributed by atoms with E-state index in [1.165, 1.54) is 5.69 Å². The smallest absolute Gasteiger partial charge is 0.226 e. The molecule has 1 fully saturated rings. The van der Waals surface area contributed by atoms with Crippen molar-refractivity contribution in [3.05, 3.63) is 47.0 Å². The number of H-pyrrole nitrogens is 1. The van der Waals surface area contributed by atoms with Crippen LogP contribution in [0.25, 0.3) is 0 Å². The minimum Gasteiger partial charge on any atom is -0.368 e. The standard InChI is InChI=1S/C18H21ClN4O/c19-14-2-4-15(5-3-14)22-7-9-23(10-8-22)18(24)13-1-6-16-17(11-13)21-12-20-16/h2-5,12-13H,1,6-11H2,(H,20,21). The topological polar surface area (TPSA) is 52.2 Å². The number of hydrogen-bond acceptors (Lipinski definition) is 3. The van der Waals surface area contributed by atoms with Gasteiger partial charge in [-0.1, -0.05) is 11.6 Å². The first-order chi connectivity index (χ1) is 11.7. The molecule has 126 valence electrons. The third kappa shape index (κ3) is 3.00. The summed E-state index contributed by atoms with van der Waals surface area (Å²) in [5.41, 5.74) is 3.44. The summed E-state index contributed by atoms with van der Waals surface area (Å²) in [7, 11) is 0. The number of halogens is 1. The van der Waals surface area contributed by atoms with Crippen LogP contribution in [-0.4, -0.2) is 47.0 Å². The number of aromatic nitrogens is 2. The molecule has 5 nitrogen and oxygen atoms in total. The van der Waals surface area contributed by atoms with Gasteiger partial charge in [0.05, 0.1) is 12.0 Å². The molecule has 2 aromatic rings. The third-order valence-electron chi connectivity index (χ3n) is 5.12. The Morgan fingerprint density at radius 3 is 2.67 bits per heavy atom. The Morgan fingerprint density at radius 2 is 1.92 bits per heavy atom. The average Bonchev–Trinajstić information content (AvgIpc) is 3.09. The summed E-state index contributed by atoms with van der Waals surface area (Å²) in [5.74, 6) is 0.394. The van der Waals surface area contributed by atoms with Crippen molar-refractivity contribution in [2.24, 2.45) is 5.92 Å². The Bertz CT molecular complexity index is 719. The van der Waals surface area contributed by atoms with Gasteiger partial charge in [-0.3, -0.25) is 4.79 Å². The van der Waals surface area contributed by atoms with Gasteiger partial charge >= 0.3 is 0 Å². The molecule has 24 heavy (non-hydrogen) atoms. The SMILES string of the molecule is O=C(C1CCc2nc[nH]c2C1)N1CCN(c2ccc(Cl)cc2)CC1. The number of fused-ring (bicyclic) bond motifs is 1. The van der Waals surface area contributed by atoms with Gasteiger partial charge < -0.3 is 14.8 Å². The maximum atomic E-state index is 12.8. The lowest BCUT2D eigenvalue weighted by Crippen LogP contribution is -2.51. The highest BCUT2D eigenvalue weighted by Crippen LogP contribution is 2.26. The highest BCUT2D eigenvalue weighted by Gasteiger charge is 2.31. The molecule has 4 rings (SSSR count). The van der Waals surface area contributed by atoms with E-state index in [0.29, 0.717) is 5.91 Å². The van der Waals surface area contributed by atoms with Crippen LogP contribution in [0.4, 0.5) is 5.69 Å². The molecule has 1 aromatic heterocycles. The molecule has 1 atom stereocenters. The molecule has 1 aromatic carbocycles. The van der Waals surface area contributed by atoms with Crippen molar-refractivity contribution < 1.29 is 4.79 Å². The zero-order valence-electron chi connectivity index (χ0n) is 13.5. The van der Waals surface area contributed by atoms with E-state index in [9.17, 15) is 4.79 Å². The molecule has 2 heterocycles. The molecular weight excluding hydrogens is 324 g/mol. The largest absolute Gasteiger partial charge is 0.368 e. The van der Waals surface area contributed by atoms with Crippen molar-refractivity contribution in [3.8, 4) is 0 Å². The molecule has 0 saturated carbocycles. The van der Waals surface area contributed by atoms with E-state index in [0.717, 1.165) is 61.9 Å². The molecule has 0 spiro atoms. The van der Waals surface area contributed by atoms with Crippen LogP contribution in [-0.2, 0) is 17.6 Å². The number of piperazine rings is 1. The predicted octanol–water partition coefficient (Wildman–Crippen LogP) is 2.52. The second-order valence-electron chi connectivity index (χ2n) is 6.56. The number of benzene rings is 1. The fraction of sp³-hybridized carbons (Fsp3) is 0.444. The minimum absolute atomic E-state index is 0.0973. The van der Waals surface area contributed by atoms with E-state index in [2.05, 4.69) is 14.9 Å². The van der Waals surface area contributed by atoms with Crippen LogP contribution in [0, 0.1) is 5.92 Å². The Labute approximate surface area is 146 Å². The fourth-order valence-corrected chi connectivity index (χ4v) is 3.83. The highest BCUT2D eigenvalue weighted by atomic mass is 35.5. The van der Waals surface area contributed by atoms with Gasteiger partial charge in [0, 0.05) is 54.9 Å². The van der Waals surface area contributed by atoms with Gasteiger partial charge in [-0.05, 0) is 37.1 Å². The average molecular weight is 345 g/mol. The van der Waals surface area contributed by atoms with E-state index in [4.69, 9.17) is 11.6 Å². The number of amides is 1. The Kier molecular flexibility index (Phi) is 4.19. The molecule has 0 radical (unpaired) electrons. The molecule has 1 saturated heterocycles. The van der Waals surface area contributed by atoms with Gasteiger partial charge in [0.1, 0.15) is 0 Å². The number of anilines is 1. The van der Waals surface area contributed by atoms with E-state index in [-0.39, 0.29) is 5.92 Å². The molecule has 1 aliphatic heterocycles. The fourth-order valence-electron chi connectivity index (χ4n) is 3.71. The summed E-state index contributed by atoms with van der Waals surface area (Å²) in [4.78, 5) is 24.7. The molecule has 1 N–H and O–H groups in total. The number of rotatable bonds is 2. The number of nitrogens with one attached hydrogen (secondary N) is 1. The van der Waals surface area contributed by atoms with Crippen LogP contribution in [0.2, 0.25) is 5.02 Å². The van der Waals surface area contributed by atoms with Crippen LogP contribution in [0.15, 0.2) is 30.6 Å². The summed E-state index contributed by atoms with van der Waals surface area (Å²) in [6, 6.07) is 7.91. The maximum absolute atomic E-state index is 12.8. The van der Waals surface area contributed by atoms with Gasteiger partial charge in [0.15, 0.2) is 0 Å². The maximum Gasteiger partial charge on any atom is 0.226 e. The lowest BCUT2D eigenvalue weighted by molar-refractivity contribution is -0.136. The number of aromatic amines is 1. The van der Waals surface area contributed by atoms with Crippen LogP contribution in [0.3, 0.4) is 0 Å². The number of hydrogen-bond donors (Lipinski definition) is 1.